The summed E-state index contributed by atoms with van der Waals surface area (Å²) in [5, 5.41) is 13.5. The van der Waals surface area contributed by atoms with Gasteiger partial charge in [0.25, 0.3) is 0 Å². The minimum atomic E-state index is 0.872. The monoisotopic (exact) mass is 236 g/mol. The topological polar surface area (TPSA) is 53.6 Å². The van der Waals surface area contributed by atoms with Crippen LogP contribution in [-0.4, -0.2) is 21.7 Å². The van der Waals surface area contributed by atoms with Gasteiger partial charge in [-0.1, -0.05) is 0 Å². The molecule has 2 rings (SSSR count). The van der Waals surface area contributed by atoms with E-state index in [0.717, 1.165) is 25.2 Å². The van der Waals surface area contributed by atoms with Crippen LogP contribution in [0, 0.1) is 0 Å². The Morgan fingerprint density at radius 3 is 3.06 bits per heavy atom. The maximum Gasteiger partial charge on any atom is 0.0924 e. The van der Waals surface area contributed by atoms with Crippen LogP contribution in [0.25, 0.3) is 0 Å². The zero-order valence-electron chi connectivity index (χ0n) is 9.15. The van der Waals surface area contributed by atoms with E-state index in [0.29, 0.717) is 0 Å². The van der Waals surface area contributed by atoms with Gasteiger partial charge in [0.15, 0.2) is 0 Å². The lowest BCUT2D eigenvalue weighted by atomic mass is 10.2. The first-order chi connectivity index (χ1) is 7.95. The van der Waals surface area contributed by atoms with Crippen LogP contribution < -0.4 is 5.32 Å². The molecule has 0 bridgehead atoms. The second-order valence-corrected chi connectivity index (χ2v) is 4.62. The van der Waals surface area contributed by atoms with Crippen LogP contribution in [0.2, 0.25) is 0 Å². The molecular formula is C11H16N4S. The van der Waals surface area contributed by atoms with Crippen molar-refractivity contribution in [1.82, 2.24) is 20.5 Å². The van der Waals surface area contributed by atoms with Gasteiger partial charge in [0.2, 0.25) is 0 Å². The van der Waals surface area contributed by atoms with E-state index in [4.69, 9.17) is 0 Å². The fraction of sp³-hybridized carbons (Fsp3) is 0.455. The van der Waals surface area contributed by atoms with Gasteiger partial charge in [-0.3, -0.25) is 5.10 Å². The molecule has 4 nitrogen and oxygen atoms in total. The van der Waals surface area contributed by atoms with Gasteiger partial charge in [-0.15, -0.1) is 11.3 Å². The minimum absolute atomic E-state index is 0.872. The van der Waals surface area contributed by atoms with Gasteiger partial charge >= 0.3 is 0 Å². The van der Waals surface area contributed by atoms with E-state index >= 15 is 0 Å². The van der Waals surface area contributed by atoms with Crippen molar-refractivity contribution in [1.29, 1.82) is 0 Å². The molecule has 0 fully saturated rings. The molecule has 86 valence electrons. The predicted molar refractivity (Wildman–Crippen MR) is 65.3 cm³/mol. The fourth-order valence-electron chi connectivity index (χ4n) is 1.51. The number of rotatable bonds is 7. The normalized spacial score (nSPS) is 10.8. The molecule has 2 aromatic rings. The maximum atomic E-state index is 4.26. The third kappa shape index (κ3) is 3.75. The lowest BCUT2D eigenvalue weighted by Crippen LogP contribution is -2.15. The maximum absolute atomic E-state index is 4.26. The number of H-pyrrole nitrogens is 1. The minimum Gasteiger partial charge on any atom is -0.311 e. The highest BCUT2D eigenvalue weighted by Crippen LogP contribution is 2.07. The SMILES string of the molecule is c1cc(CNCCCCc2nccs2)[nH]n1. The van der Waals surface area contributed by atoms with Gasteiger partial charge in [-0.2, -0.15) is 5.10 Å². The zero-order chi connectivity index (χ0) is 11.1. The number of aromatic nitrogens is 3. The molecule has 0 spiro atoms. The number of aromatic amines is 1. The quantitative estimate of drug-likeness (QED) is 0.723. The first-order valence-corrected chi connectivity index (χ1v) is 6.40. The molecule has 0 saturated heterocycles. The standard InChI is InChI=1S/C11H16N4S/c1(3-11-13-7-8-16-11)2-5-12-9-10-4-6-14-15-10/h4,6-8,12H,1-3,5,9H2,(H,14,15). The number of nitrogens with zero attached hydrogens (tertiary/aromatic N) is 2. The highest BCUT2D eigenvalue weighted by molar-refractivity contribution is 7.09. The van der Waals surface area contributed by atoms with E-state index in [1.165, 1.54) is 17.8 Å². The third-order valence-corrected chi connectivity index (χ3v) is 3.19. The molecule has 0 aliphatic rings. The van der Waals surface area contributed by atoms with Crippen molar-refractivity contribution in [2.24, 2.45) is 0 Å². The molecular weight excluding hydrogens is 220 g/mol. The van der Waals surface area contributed by atoms with Gasteiger partial charge in [-0.25, -0.2) is 4.98 Å². The number of hydrogen-bond donors (Lipinski definition) is 2. The molecule has 2 aromatic heterocycles. The first kappa shape index (κ1) is 11.3. The zero-order valence-corrected chi connectivity index (χ0v) is 9.96. The molecule has 2 heterocycles. The van der Waals surface area contributed by atoms with E-state index < -0.39 is 0 Å². The summed E-state index contributed by atoms with van der Waals surface area (Å²) in [6, 6.07) is 1.99. The molecule has 5 heteroatoms. The molecule has 0 unspecified atom stereocenters. The van der Waals surface area contributed by atoms with Crippen LogP contribution in [0.4, 0.5) is 0 Å². The molecule has 2 N–H and O–H groups in total. The lowest BCUT2D eigenvalue weighted by Gasteiger charge is -2.01. The summed E-state index contributed by atoms with van der Waals surface area (Å²) < 4.78 is 0. The Morgan fingerprint density at radius 1 is 1.31 bits per heavy atom. The van der Waals surface area contributed by atoms with E-state index in [1.807, 2.05) is 17.6 Å². The Bertz CT molecular complexity index is 330. The highest BCUT2D eigenvalue weighted by Gasteiger charge is 1.96. The second kappa shape index (κ2) is 6.40. The van der Waals surface area contributed by atoms with Crippen LogP contribution in [-0.2, 0) is 13.0 Å². The fourth-order valence-corrected chi connectivity index (χ4v) is 2.17. The van der Waals surface area contributed by atoms with Gasteiger partial charge in [-0.05, 0) is 31.9 Å². The second-order valence-electron chi connectivity index (χ2n) is 3.64. The third-order valence-electron chi connectivity index (χ3n) is 2.35. The molecule has 0 aliphatic heterocycles. The molecule has 0 atom stereocenters. The Kier molecular flexibility index (Phi) is 4.51. The van der Waals surface area contributed by atoms with E-state index in [9.17, 15) is 0 Å². The summed E-state index contributed by atoms with van der Waals surface area (Å²) in [4.78, 5) is 4.26. The van der Waals surface area contributed by atoms with Gasteiger partial charge in [0.1, 0.15) is 0 Å². The van der Waals surface area contributed by atoms with E-state index in [1.54, 1.807) is 17.5 Å². The highest BCUT2D eigenvalue weighted by atomic mass is 32.1. The van der Waals surface area contributed by atoms with Crippen LogP contribution in [0.3, 0.4) is 0 Å². The average Bonchev–Trinajstić information content (AvgIpc) is 2.96. The number of aryl methyl sites for hydroxylation is 1. The molecule has 0 amide bonds. The molecule has 0 aliphatic carbocycles. The van der Waals surface area contributed by atoms with Gasteiger partial charge in [0.05, 0.1) is 5.01 Å². The Hall–Kier alpha value is -1.20. The van der Waals surface area contributed by atoms with Crippen molar-refractivity contribution >= 4 is 11.3 Å². The largest absolute Gasteiger partial charge is 0.311 e. The van der Waals surface area contributed by atoms with Crippen LogP contribution >= 0.6 is 11.3 Å². The number of hydrogen-bond acceptors (Lipinski definition) is 4. The lowest BCUT2D eigenvalue weighted by molar-refractivity contribution is 0.615. The predicted octanol–water partition coefficient (Wildman–Crippen LogP) is 1.98. The van der Waals surface area contributed by atoms with E-state index in [-0.39, 0.29) is 0 Å². The van der Waals surface area contributed by atoms with Crippen molar-refractivity contribution in [3.63, 3.8) is 0 Å². The van der Waals surface area contributed by atoms with Crippen LogP contribution in [0.5, 0.6) is 0 Å². The van der Waals surface area contributed by atoms with Gasteiger partial charge < -0.3 is 5.32 Å². The molecule has 0 radical (unpaired) electrons. The summed E-state index contributed by atoms with van der Waals surface area (Å²) in [7, 11) is 0. The van der Waals surface area contributed by atoms with Crippen molar-refractivity contribution in [3.8, 4) is 0 Å². The number of nitrogens with one attached hydrogen (secondary N) is 2. The van der Waals surface area contributed by atoms with Crippen molar-refractivity contribution in [2.75, 3.05) is 6.54 Å². The summed E-state index contributed by atoms with van der Waals surface area (Å²) in [6.45, 7) is 1.92. The van der Waals surface area contributed by atoms with Crippen molar-refractivity contribution < 1.29 is 0 Å². The summed E-state index contributed by atoms with van der Waals surface area (Å²) >= 11 is 1.74. The smallest absolute Gasteiger partial charge is 0.0924 e. The van der Waals surface area contributed by atoms with E-state index in [2.05, 4.69) is 20.5 Å². The summed E-state index contributed by atoms with van der Waals surface area (Å²) in [5.74, 6) is 0. The number of thiazole rings is 1. The summed E-state index contributed by atoms with van der Waals surface area (Å²) in [6.07, 6.45) is 7.14. The van der Waals surface area contributed by atoms with Crippen LogP contribution in [0.1, 0.15) is 23.5 Å². The van der Waals surface area contributed by atoms with Gasteiger partial charge in [0, 0.05) is 30.0 Å². The van der Waals surface area contributed by atoms with Crippen LogP contribution in [0.15, 0.2) is 23.8 Å². The summed E-state index contributed by atoms with van der Waals surface area (Å²) in [5.41, 5.74) is 1.14. The average molecular weight is 236 g/mol. The Labute approximate surface area is 99.1 Å². The Balaban J connectivity index is 1.49. The molecule has 0 saturated carbocycles. The van der Waals surface area contributed by atoms with Crippen molar-refractivity contribution in [3.05, 3.63) is 34.5 Å². The number of unbranched alkanes of at least 4 members (excludes halogenated alkanes) is 1. The first-order valence-electron chi connectivity index (χ1n) is 5.52. The van der Waals surface area contributed by atoms with Crippen molar-refractivity contribution in [2.45, 2.75) is 25.8 Å². The molecule has 0 aromatic carbocycles. The molecule has 16 heavy (non-hydrogen) atoms. The Morgan fingerprint density at radius 2 is 2.31 bits per heavy atom.